The highest BCUT2D eigenvalue weighted by atomic mass is 19.1. The van der Waals surface area contributed by atoms with Gasteiger partial charge in [0.15, 0.2) is 0 Å². The fourth-order valence-electron chi connectivity index (χ4n) is 2.30. The molecule has 1 aromatic rings. The van der Waals surface area contributed by atoms with E-state index in [0.29, 0.717) is 26.2 Å². The van der Waals surface area contributed by atoms with Gasteiger partial charge in [-0.3, -0.25) is 9.59 Å². The molecule has 0 aliphatic carbocycles. The van der Waals surface area contributed by atoms with E-state index < -0.39 is 6.61 Å². The number of hydrogen-bond donors (Lipinski definition) is 1. The number of aliphatic hydroxyl groups excluding tert-OH is 1. The maximum absolute atomic E-state index is 12.8. The molecular formula is C16H19FN2O3. The molecule has 0 unspecified atom stereocenters. The summed E-state index contributed by atoms with van der Waals surface area (Å²) in [7, 11) is 0. The van der Waals surface area contributed by atoms with Crippen LogP contribution in [0.3, 0.4) is 0 Å². The van der Waals surface area contributed by atoms with E-state index in [0.717, 1.165) is 5.56 Å². The minimum absolute atomic E-state index is 0.00513. The number of hydrogen-bond acceptors (Lipinski definition) is 3. The molecule has 0 spiro atoms. The van der Waals surface area contributed by atoms with Crippen molar-refractivity contribution in [1.82, 2.24) is 9.80 Å². The lowest BCUT2D eigenvalue weighted by Crippen LogP contribution is -2.51. The molecule has 0 saturated carbocycles. The van der Waals surface area contributed by atoms with Crippen molar-refractivity contribution in [3.05, 3.63) is 41.7 Å². The molecule has 0 bridgehead atoms. The fraction of sp³-hybridized carbons (Fsp3) is 0.375. The van der Waals surface area contributed by atoms with Crippen molar-refractivity contribution in [2.24, 2.45) is 0 Å². The van der Waals surface area contributed by atoms with Gasteiger partial charge < -0.3 is 14.9 Å². The summed E-state index contributed by atoms with van der Waals surface area (Å²) in [5.41, 5.74) is 0.840. The van der Waals surface area contributed by atoms with Gasteiger partial charge >= 0.3 is 0 Å². The number of carbonyl (C=O) groups excluding carboxylic acids is 2. The summed E-state index contributed by atoms with van der Waals surface area (Å²) in [5.74, 6) is -0.596. The van der Waals surface area contributed by atoms with Gasteiger partial charge in [0.1, 0.15) is 12.4 Å². The summed E-state index contributed by atoms with van der Waals surface area (Å²) < 4.78 is 12.8. The van der Waals surface area contributed by atoms with Gasteiger partial charge in [0.25, 0.3) is 0 Å². The van der Waals surface area contributed by atoms with Gasteiger partial charge in [-0.1, -0.05) is 24.3 Å². The van der Waals surface area contributed by atoms with E-state index in [4.69, 9.17) is 5.11 Å². The standard InChI is InChI=1S/C16H19FN2O3/c17-14-6-4-13(5-7-14)2-1-3-15(21)18-8-10-19(11-9-18)16(22)12-20/h1-2,4-7,20H,3,8-12H2/b2-1+. The summed E-state index contributed by atoms with van der Waals surface area (Å²) in [6.45, 7) is 1.37. The lowest BCUT2D eigenvalue weighted by molar-refractivity contribution is -0.140. The van der Waals surface area contributed by atoms with Crippen molar-refractivity contribution >= 4 is 17.9 Å². The number of piperazine rings is 1. The fourth-order valence-corrected chi connectivity index (χ4v) is 2.30. The summed E-state index contributed by atoms with van der Waals surface area (Å²) in [4.78, 5) is 26.6. The maximum atomic E-state index is 12.8. The molecule has 1 heterocycles. The van der Waals surface area contributed by atoms with Crippen molar-refractivity contribution in [3.63, 3.8) is 0 Å². The molecule has 1 aliphatic rings. The summed E-state index contributed by atoms with van der Waals surface area (Å²) in [6.07, 6.45) is 3.80. The largest absolute Gasteiger partial charge is 0.387 e. The van der Waals surface area contributed by atoms with Gasteiger partial charge in [0.2, 0.25) is 11.8 Å². The van der Waals surface area contributed by atoms with Crippen LogP contribution in [-0.2, 0) is 9.59 Å². The average Bonchev–Trinajstić information content (AvgIpc) is 2.56. The van der Waals surface area contributed by atoms with E-state index in [1.165, 1.54) is 12.1 Å². The highest BCUT2D eigenvalue weighted by Crippen LogP contribution is 2.08. The third-order valence-corrected chi connectivity index (χ3v) is 3.59. The molecule has 118 valence electrons. The molecule has 2 rings (SSSR count). The molecule has 0 atom stereocenters. The Bertz CT molecular complexity index is 549. The molecule has 2 amide bonds. The van der Waals surface area contributed by atoms with Crippen LogP contribution in [0, 0.1) is 5.82 Å². The Labute approximate surface area is 128 Å². The number of rotatable bonds is 4. The molecule has 1 aromatic carbocycles. The smallest absolute Gasteiger partial charge is 0.248 e. The SMILES string of the molecule is O=C(CO)N1CCN(C(=O)C/C=C/c2ccc(F)cc2)CC1. The number of benzene rings is 1. The minimum atomic E-state index is -0.492. The van der Waals surface area contributed by atoms with Gasteiger partial charge in [-0.15, -0.1) is 0 Å². The van der Waals surface area contributed by atoms with Crippen LogP contribution >= 0.6 is 0 Å². The van der Waals surface area contributed by atoms with Crippen LogP contribution in [0.25, 0.3) is 6.08 Å². The first-order valence-corrected chi connectivity index (χ1v) is 7.18. The van der Waals surface area contributed by atoms with Gasteiger partial charge in [-0.25, -0.2) is 4.39 Å². The minimum Gasteiger partial charge on any atom is -0.387 e. The van der Waals surface area contributed by atoms with Crippen LogP contribution in [-0.4, -0.2) is 59.5 Å². The van der Waals surface area contributed by atoms with Gasteiger partial charge in [-0.2, -0.15) is 0 Å². The first-order valence-electron chi connectivity index (χ1n) is 7.18. The molecule has 5 nitrogen and oxygen atoms in total. The van der Waals surface area contributed by atoms with Gasteiger partial charge in [-0.05, 0) is 17.7 Å². The van der Waals surface area contributed by atoms with Crippen LogP contribution in [0.5, 0.6) is 0 Å². The Kier molecular flexibility index (Phi) is 5.66. The second-order valence-electron chi connectivity index (χ2n) is 5.08. The molecule has 22 heavy (non-hydrogen) atoms. The van der Waals surface area contributed by atoms with Crippen molar-refractivity contribution in [2.45, 2.75) is 6.42 Å². The van der Waals surface area contributed by atoms with Crippen molar-refractivity contribution in [3.8, 4) is 0 Å². The monoisotopic (exact) mass is 306 g/mol. The Hall–Kier alpha value is -2.21. The van der Waals surface area contributed by atoms with E-state index in [1.54, 1.807) is 34.1 Å². The zero-order valence-corrected chi connectivity index (χ0v) is 12.2. The predicted molar refractivity (Wildman–Crippen MR) is 80.3 cm³/mol. The van der Waals surface area contributed by atoms with Gasteiger partial charge in [0.05, 0.1) is 0 Å². The molecule has 0 aromatic heterocycles. The van der Waals surface area contributed by atoms with Crippen LogP contribution in [0.2, 0.25) is 0 Å². The third-order valence-electron chi connectivity index (χ3n) is 3.59. The third kappa shape index (κ3) is 4.39. The van der Waals surface area contributed by atoms with E-state index in [2.05, 4.69) is 0 Å². The molecule has 1 fully saturated rings. The van der Waals surface area contributed by atoms with Gasteiger partial charge in [0, 0.05) is 32.6 Å². The Morgan fingerprint density at radius 2 is 1.59 bits per heavy atom. The van der Waals surface area contributed by atoms with Crippen LogP contribution in [0.4, 0.5) is 4.39 Å². The van der Waals surface area contributed by atoms with E-state index in [-0.39, 0.29) is 24.1 Å². The second-order valence-corrected chi connectivity index (χ2v) is 5.08. The van der Waals surface area contributed by atoms with Crippen LogP contribution in [0.1, 0.15) is 12.0 Å². The van der Waals surface area contributed by atoms with Crippen LogP contribution < -0.4 is 0 Å². The topological polar surface area (TPSA) is 60.9 Å². The average molecular weight is 306 g/mol. The molecular weight excluding hydrogens is 287 g/mol. The van der Waals surface area contributed by atoms with Crippen molar-refractivity contribution in [1.29, 1.82) is 0 Å². The summed E-state index contributed by atoms with van der Waals surface area (Å²) in [6, 6.07) is 6.04. The van der Waals surface area contributed by atoms with Crippen LogP contribution in [0.15, 0.2) is 30.3 Å². The first kappa shape index (κ1) is 16.2. The maximum Gasteiger partial charge on any atom is 0.248 e. The second kappa shape index (κ2) is 7.70. The number of aliphatic hydroxyl groups is 1. The first-order chi connectivity index (χ1) is 10.6. The molecule has 0 radical (unpaired) electrons. The molecule has 6 heteroatoms. The number of carbonyl (C=O) groups is 2. The summed E-state index contributed by atoms with van der Waals surface area (Å²) in [5, 5.41) is 8.80. The quantitative estimate of drug-likeness (QED) is 0.899. The Morgan fingerprint density at radius 1 is 1.05 bits per heavy atom. The molecule has 1 aliphatic heterocycles. The lowest BCUT2D eigenvalue weighted by atomic mass is 10.2. The zero-order chi connectivity index (χ0) is 15.9. The number of nitrogens with zero attached hydrogens (tertiary/aromatic N) is 2. The molecule has 1 saturated heterocycles. The van der Waals surface area contributed by atoms with E-state index in [1.807, 2.05) is 0 Å². The molecule has 1 N–H and O–H groups in total. The normalized spacial score (nSPS) is 15.4. The zero-order valence-electron chi connectivity index (χ0n) is 12.2. The number of amides is 2. The number of halogens is 1. The summed E-state index contributed by atoms with van der Waals surface area (Å²) >= 11 is 0. The Balaban J connectivity index is 1.78. The highest BCUT2D eigenvalue weighted by Gasteiger charge is 2.22. The Morgan fingerprint density at radius 3 is 2.14 bits per heavy atom. The predicted octanol–water partition coefficient (Wildman–Crippen LogP) is 0.892. The highest BCUT2D eigenvalue weighted by molar-refractivity contribution is 5.80. The van der Waals surface area contributed by atoms with E-state index >= 15 is 0 Å². The van der Waals surface area contributed by atoms with E-state index in [9.17, 15) is 14.0 Å². The lowest BCUT2D eigenvalue weighted by Gasteiger charge is -2.34. The van der Waals surface area contributed by atoms with Crippen molar-refractivity contribution < 1.29 is 19.1 Å². The van der Waals surface area contributed by atoms with Crippen molar-refractivity contribution in [2.75, 3.05) is 32.8 Å².